The molecule has 0 amide bonds. The van der Waals surface area contributed by atoms with Crippen molar-refractivity contribution in [1.82, 2.24) is 4.98 Å². The number of carbonyl (C=O) groups excluding carboxylic acids is 1. The van der Waals surface area contributed by atoms with Crippen LogP contribution in [0.25, 0.3) is 0 Å². The van der Waals surface area contributed by atoms with Crippen LogP contribution < -0.4 is 9.04 Å². The summed E-state index contributed by atoms with van der Waals surface area (Å²) in [6, 6.07) is 27.4. The number of hydrogen-bond donors (Lipinski definition) is 0. The van der Waals surface area contributed by atoms with Gasteiger partial charge in [0.2, 0.25) is 0 Å². The molecule has 0 bridgehead atoms. The molecule has 0 spiro atoms. The van der Waals surface area contributed by atoms with E-state index in [1.165, 1.54) is 19.2 Å². The number of benzene rings is 3. The third-order valence-electron chi connectivity index (χ3n) is 5.27. The summed E-state index contributed by atoms with van der Waals surface area (Å²) >= 11 is 0. The van der Waals surface area contributed by atoms with Crippen LogP contribution in [0.2, 0.25) is 0 Å². The van der Waals surface area contributed by atoms with Gasteiger partial charge in [-0.3, -0.25) is 9.29 Å². The number of nitrogens with zero attached hydrogens (tertiary/aromatic N) is 2. The van der Waals surface area contributed by atoms with Crippen molar-refractivity contribution in [3.63, 3.8) is 0 Å². The molecule has 0 N–H and O–H groups in total. The van der Waals surface area contributed by atoms with Crippen LogP contribution in [0, 0.1) is 0 Å². The maximum absolute atomic E-state index is 13.2. The second kappa shape index (κ2) is 10.8. The molecule has 0 aliphatic carbocycles. The van der Waals surface area contributed by atoms with Crippen molar-refractivity contribution < 1.29 is 22.7 Å². The number of hydrogen-bond acceptors (Lipinski definition) is 6. The molecule has 3 aromatic carbocycles. The topological polar surface area (TPSA) is 85.8 Å². The largest absolute Gasteiger partial charge is 0.487 e. The lowest BCUT2D eigenvalue weighted by molar-refractivity contribution is 0.0468. The van der Waals surface area contributed by atoms with Gasteiger partial charge in [-0.05, 0) is 54.1 Å². The zero-order valence-electron chi connectivity index (χ0n) is 19.1. The zero-order chi connectivity index (χ0) is 24.7. The van der Waals surface area contributed by atoms with Gasteiger partial charge in [-0.1, -0.05) is 48.5 Å². The highest BCUT2D eigenvalue weighted by Gasteiger charge is 2.27. The summed E-state index contributed by atoms with van der Waals surface area (Å²) < 4.78 is 38.8. The Morgan fingerprint density at radius 2 is 1.51 bits per heavy atom. The Balaban J connectivity index is 1.42. The molecular formula is C27H24N2O5S. The molecule has 8 heteroatoms. The monoisotopic (exact) mass is 488 g/mol. The summed E-state index contributed by atoms with van der Waals surface area (Å²) in [7, 11) is -2.53. The Morgan fingerprint density at radius 1 is 0.829 bits per heavy atom. The molecule has 0 unspecified atom stereocenters. The highest BCUT2D eigenvalue weighted by molar-refractivity contribution is 7.92. The van der Waals surface area contributed by atoms with E-state index in [9.17, 15) is 13.2 Å². The number of carbonyl (C=O) groups is 1. The van der Waals surface area contributed by atoms with Crippen LogP contribution >= 0.6 is 0 Å². The average Bonchev–Trinajstić information content (AvgIpc) is 2.91. The summed E-state index contributed by atoms with van der Waals surface area (Å²) in [6.45, 7) is 0.333. The van der Waals surface area contributed by atoms with Gasteiger partial charge in [-0.15, -0.1) is 0 Å². The van der Waals surface area contributed by atoms with E-state index in [-0.39, 0.29) is 17.1 Å². The number of para-hydroxylation sites is 1. The van der Waals surface area contributed by atoms with Gasteiger partial charge in [0.05, 0.1) is 16.9 Å². The number of aromatic nitrogens is 1. The lowest BCUT2D eigenvalue weighted by Gasteiger charge is -2.20. The lowest BCUT2D eigenvalue weighted by atomic mass is 10.2. The summed E-state index contributed by atoms with van der Waals surface area (Å²) in [4.78, 5) is 16.9. The molecule has 4 aromatic rings. The van der Waals surface area contributed by atoms with Crippen molar-refractivity contribution >= 4 is 21.7 Å². The molecule has 35 heavy (non-hydrogen) atoms. The van der Waals surface area contributed by atoms with E-state index < -0.39 is 16.0 Å². The van der Waals surface area contributed by atoms with E-state index in [2.05, 4.69) is 4.98 Å². The molecule has 1 heterocycles. The standard InChI is InChI=1S/C27H24N2O5S/c1-29(23-10-3-2-4-11-23)35(31,32)26-13-6-5-12-25(26)27(30)34-19-21-14-16-24(17-15-21)33-20-22-9-7-8-18-28-22/h2-18H,19-20H2,1H3. The quantitative estimate of drug-likeness (QED) is 0.313. The van der Waals surface area contributed by atoms with Crippen molar-refractivity contribution in [1.29, 1.82) is 0 Å². The van der Waals surface area contributed by atoms with E-state index >= 15 is 0 Å². The zero-order valence-corrected chi connectivity index (χ0v) is 19.9. The predicted molar refractivity (Wildman–Crippen MR) is 133 cm³/mol. The van der Waals surface area contributed by atoms with Crippen molar-refractivity contribution in [2.75, 3.05) is 11.4 Å². The lowest BCUT2D eigenvalue weighted by Crippen LogP contribution is -2.28. The minimum atomic E-state index is -3.97. The molecule has 1 aromatic heterocycles. The Morgan fingerprint density at radius 3 is 2.23 bits per heavy atom. The van der Waals surface area contributed by atoms with Gasteiger partial charge in [0.15, 0.2) is 0 Å². The van der Waals surface area contributed by atoms with Crippen LogP contribution in [-0.2, 0) is 28.0 Å². The third-order valence-corrected chi connectivity index (χ3v) is 7.12. The predicted octanol–water partition coefficient (Wildman–Crippen LogP) is 4.84. The first kappa shape index (κ1) is 24.0. The number of anilines is 1. The Kier molecular flexibility index (Phi) is 7.42. The molecular weight excluding hydrogens is 464 g/mol. The van der Waals surface area contributed by atoms with E-state index in [0.29, 0.717) is 18.0 Å². The van der Waals surface area contributed by atoms with Crippen LogP contribution in [0.3, 0.4) is 0 Å². The summed E-state index contributed by atoms with van der Waals surface area (Å²) in [5.74, 6) is -0.0627. The normalized spacial score (nSPS) is 11.0. The molecule has 0 fully saturated rings. The summed E-state index contributed by atoms with van der Waals surface area (Å²) in [5.41, 5.74) is 2.02. The maximum atomic E-state index is 13.2. The van der Waals surface area contributed by atoms with E-state index in [0.717, 1.165) is 15.6 Å². The van der Waals surface area contributed by atoms with E-state index in [1.54, 1.807) is 72.9 Å². The Hall–Kier alpha value is -4.17. The molecule has 4 rings (SSSR count). The number of rotatable bonds is 9. The highest BCUT2D eigenvalue weighted by Crippen LogP contribution is 2.25. The van der Waals surface area contributed by atoms with E-state index in [4.69, 9.17) is 9.47 Å². The van der Waals surface area contributed by atoms with E-state index in [1.807, 2.05) is 18.2 Å². The van der Waals surface area contributed by atoms with Gasteiger partial charge in [-0.2, -0.15) is 0 Å². The second-order valence-electron chi connectivity index (χ2n) is 7.63. The van der Waals surface area contributed by atoms with Crippen LogP contribution in [0.5, 0.6) is 5.75 Å². The van der Waals surface area contributed by atoms with Gasteiger partial charge in [-0.25, -0.2) is 13.2 Å². The van der Waals surface area contributed by atoms with Gasteiger partial charge in [0.25, 0.3) is 10.0 Å². The highest BCUT2D eigenvalue weighted by atomic mass is 32.2. The first-order valence-electron chi connectivity index (χ1n) is 10.9. The number of ether oxygens (including phenoxy) is 2. The molecule has 7 nitrogen and oxygen atoms in total. The fraction of sp³-hybridized carbons (Fsp3) is 0.111. The molecule has 178 valence electrons. The van der Waals surface area contributed by atoms with Crippen LogP contribution in [-0.4, -0.2) is 26.4 Å². The second-order valence-corrected chi connectivity index (χ2v) is 9.57. The van der Waals surface area contributed by atoms with Gasteiger partial charge >= 0.3 is 5.97 Å². The number of sulfonamides is 1. The van der Waals surface area contributed by atoms with Gasteiger partial charge < -0.3 is 9.47 Å². The smallest absolute Gasteiger partial charge is 0.339 e. The van der Waals surface area contributed by atoms with Gasteiger partial charge in [0.1, 0.15) is 23.9 Å². The van der Waals surface area contributed by atoms with Crippen LogP contribution in [0.15, 0.2) is 108 Å². The van der Waals surface area contributed by atoms with Crippen LogP contribution in [0.1, 0.15) is 21.6 Å². The van der Waals surface area contributed by atoms with Crippen molar-refractivity contribution in [3.8, 4) is 5.75 Å². The molecule has 0 saturated heterocycles. The molecule has 0 radical (unpaired) electrons. The minimum Gasteiger partial charge on any atom is -0.487 e. The third kappa shape index (κ3) is 5.85. The molecule has 0 aliphatic heterocycles. The van der Waals surface area contributed by atoms with Crippen LogP contribution in [0.4, 0.5) is 5.69 Å². The summed E-state index contributed by atoms with van der Waals surface area (Å²) in [5, 5.41) is 0. The molecule has 0 aliphatic rings. The average molecular weight is 489 g/mol. The first-order valence-corrected chi connectivity index (χ1v) is 12.3. The first-order chi connectivity index (χ1) is 16.9. The van der Waals surface area contributed by atoms with Gasteiger partial charge in [0, 0.05) is 13.2 Å². The van der Waals surface area contributed by atoms with Crippen molar-refractivity contribution in [3.05, 3.63) is 120 Å². The van der Waals surface area contributed by atoms with Crippen molar-refractivity contribution in [2.24, 2.45) is 0 Å². The Labute approximate surface area is 204 Å². The maximum Gasteiger partial charge on any atom is 0.339 e. The fourth-order valence-electron chi connectivity index (χ4n) is 3.33. The fourth-order valence-corrected chi connectivity index (χ4v) is 4.71. The minimum absolute atomic E-state index is 0.0116. The Bertz CT molecular complexity index is 1380. The van der Waals surface area contributed by atoms with Crippen molar-refractivity contribution in [2.45, 2.75) is 18.1 Å². The SMILES string of the molecule is CN(c1ccccc1)S(=O)(=O)c1ccccc1C(=O)OCc1ccc(OCc2ccccn2)cc1. The number of esters is 1. The molecule has 0 saturated carbocycles. The molecule has 0 atom stereocenters. The number of pyridine rings is 1. The summed E-state index contributed by atoms with van der Waals surface area (Å²) in [6.07, 6.45) is 1.71.